The third-order valence-corrected chi connectivity index (χ3v) is 4.99. The van der Waals surface area contributed by atoms with Crippen molar-refractivity contribution in [3.05, 3.63) is 52.6 Å². The van der Waals surface area contributed by atoms with Crippen LogP contribution in [0.5, 0.6) is 11.5 Å². The number of ether oxygens (including phenoxy) is 2. The van der Waals surface area contributed by atoms with Crippen molar-refractivity contribution in [2.45, 2.75) is 4.90 Å². The van der Waals surface area contributed by atoms with E-state index in [1.54, 1.807) is 18.2 Å². The van der Waals surface area contributed by atoms with Gasteiger partial charge in [-0.2, -0.15) is 0 Å². The van der Waals surface area contributed by atoms with Crippen molar-refractivity contribution < 1.29 is 27.6 Å². The van der Waals surface area contributed by atoms with Gasteiger partial charge in [0.2, 0.25) is 15.9 Å². The standard InChI is InChI=1S/C16H15N3O7S/c20-16(18-11-4-5-14-15(8-11)26-7-6-25-14)10-17-27(23,24)13-3-1-2-12(9-13)19(21)22/h1-5,8-9,17H,6-7,10H2,(H,18,20). The average molecular weight is 393 g/mol. The normalized spacial score (nSPS) is 13.0. The molecule has 1 aliphatic rings. The first-order valence-corrected chi connectivity index (χ1v) is 9.27. The quantitative estimate of drug-likeness (QED) is 0.557. The molecule has 0 radical (unpaired) electrons. The molecule has 10 nitrogen and oxygen atoms in total. The second-order valence-electron chi connectivity index (χ2n) is 5.49. The number of hydrogen-bond acceptors (Lipinski definition) is 7. The number of carbonyl (C=O) groups is 1. The summed E-state index contributed by atoms with van der Waals surface area (Å²) in [7, 11) is -4.08. The molecule has 0 spiro atoms. The largest absolute Gasteiger partial charge is 0.486 e. The fourth-order valence-electron chi connectivity index (χ4n) is 2.33. The Labute approximate surface area is 154 Å². The molecule has 0 aromatic heterocycles. The molecule has 0 unspecified atom stereocenters. The van der Waals surface area contributed by atoms with Crippen LogP contribution in [0.4, 0.5) is 11.4 Å². The van der Waals surface area contributed by atoms with E-state index in [2.05, 4.69) is 10.0 Å². The van der Waals surface area contributed by atoms with Gasteiger partial charge in [-0.25, -0.2) is 13.1 Å². The molecule has 1 aliphatic heterocycles. The Hall–Kier alpha value is -3.18. The van der Waals surface area contributed by atoms with Crippen LogP contribution in [-0.2, 0) is 14.8 Å². The fourth-order valence-corrected chi connectivity index (χ4v) is 3.36. The molecule has 0 bridgehead atoms. The maximum atomic E-state index is 12.2. The predicted octanol–water partition coefficient (Wildman–Crippen LogP) is 1.28. The smallest absolute Gasteiger partial charge is 0.270 e. The number of nitrogens with zero attached hydrogens (tertiary/aromatic N) is 1. The fraction of sp³-hybridized carbons (Fsp3) is 0.188. The highest BCUT2D eigenvalue weighted by atomic mass is 32.2. The first-order valence-electron chi connectivity index (χ1n) is 7.79. The van der Waals surface area contributed by atoms with E-state index >= 15 is 0 Å². The maximum absolute atomic E-state index is 12.2. The minimum Gasteiger partial charge on any atom is -0.486 e. The number of amides is 1. The number of fused-ring (bicyclic) bond motifs is 1. The molecule has 3 rings (SSSR count). The number of rotatable bonds is 6. The van der Waals surface area contributed by atoms with Crippen LogP contribution in [0.1, 0.15) is 0 Å². The Bertz CT molecular complexity index is 991. The molecule has 0 fully saturated rings. The van der Waals surface area contributed by atoms with E-state index in [1.165, 1.54) is 18.2 Å². The molecule has 2 aromatic carbocycles. The molecular weight excluding hydrogens is 378 g/mol. The van der Waals surface area contributed by atoms with Gasteiger partial charge in [0.05, 0.1) is 16.4 Å². The number of nitrogens with one attached hydrogen (secondary N) is 2. The highest BCUT2D eigenvalue weighted by molar-refractivity contribution is 7.89. The van der Waals surface area contributed by atoms with Gasteiger partial charge in [-0.3, -0.25) is 14.9 Å². The van der Waals surface area contributed by atoms with Crippen molar-refractivity contribution in [3.8, 4) is 11.5 Å². The van der Waals surface area contributed by atoms with Gasteiger partial charge < -0.3 is 14.8 Å². The van der Waals surface area contributed by atoms with Gasteiger partial charge in [0.25, 0.3) is 5.69 Å². The summed E-state index contributed by atoms with van der Waals surface area (Å²) in [6.07, 6.45) is 0. The van der Waals surface area contributed by atoms with Crippen molar-refractivity contribution in [3.63, 3.8) is 0 Å². The zero-order valence-corrected chi connectivity index (χ0v) is 14.7. The van der Waals surface area contributed by atoms with E-state index in [4.69, 9.17) is 9.47 Å². The lowest BCUT2D eigenvalue weighted by molar-refractivity contribution is -0.385. The average Bonchev–Trinajstić information content (AvgIpc) is 2.66. The number of non-ortho nitro benzene ring substituents is 1. The SMILES string of the molecule is O=C(CNS(=O)(=O)c1cccc([N+](=O)[O-])c1)Nc1ccc2c(c1)OCCO2. The highest BCUT2D eigenvalue weighted by Gasteiger charge is 2.19. The molecule has 1 heterocycles. The Balaban J connectivity index is 1.63. The van der Waals surface area contributed by atoms with E-state index in [1.807, 2.05) is 0 Å². The third-order valence-electron chi connectivity index (χ3n) is 3.59. The number of anilines is 1. The lowest BCUT2D eigenvalue weighted by atomic mass is 10.2. The molecule has 0 saturated carbocycles. The Morgan fingerprint density at radius 2 is 1.85 bits per heavy atom. The van der Waals surface area contributed by atoms with E-state index in [0.29, 0.717) is 30.4 Å². The molecule has 0 atom stereocenters. The van der Waals surface area contributed by atoms with E-state index in [9.17, 15) is 23.3 Å². The minimum atomic E-state index is -4.08. The van der Waals surface area contributed by atoms with Crippen molar-refractivity contribution in [2.24, 2.45) is 0 Å². The van der Waals surface area contributed by atoms with Crippen molar-refractivity contribution in [1.29, 1.82) is 0 Å². The number of benzene rings is 2. The van der Waals surface area contributed by atoms with Crippen LogP contribution < -0.4 is 19.5 Å². The molecule has 0 aliphatic carbocycles. The van der Waals surface area contributed by atoms with Crippen LogP contribution in [0, 0.1) is 10.1 Å². The summed E-state index contributed by atoms with van der Waals surface area (Å²) >= 11 is 0. The summed E-state index contributed by atoms with van der Waals surface area (Å²) in [6.45, 7) is 0.297. The van der Waals surface area contributed by atoms with Gasteiger partial charge in [-0.15, -0.1) is 0 Å². The van der Waals surface area contributed by atoms with E-state index in [-0.39, 0.29) is 10.6 Å². The summed E-state index contributed by atoms with van der Waals surface area (Å²) in [6, 6.07) is 9.35. The van der Waals surface area contributed by atoms with Gasteiger partial charge in [0.15, 0.2) is 11.5 Å². The second kappa shape index (κ2) is 7.60. The van der Waals surface area contributed by atoms with Crippen LogP contribution in [0.3, 0.4) is 0 Å². The summed E-state index contributed by atoms with van der Waals surface area (Å²) in [5.41, 5.74) is 0.0531. The lowest BCUT2D eigenvalue weighted by Gasteiger charge is -2.19. The van der Waals surface area contributed by atoms with Crippen molar-refractivity contribution >= 4 is 27.3 Å². The molecule has 2 N–H and O–H groups in total. The number of carbonyl (C=O) groups excluding carboxylic acids is 1. The van der Waals surface area contributed by atoms with Gasteiger partial charge in [0, 0.05) is 23.9 Å². The maximum Gasteiger partial charge on any atom is 0.270 e. The zero-order chi connectivity index (χ0) is 19.4. The predicted molar refractivity (Wildman–Crippen MR) is 94.3 cm³/mol. The van der Waals surface area contributed by atoms with Gasteiger partial charge >= 0.3 is 0 Å². The third kappa shape index (κ3) is 4.51. The summed E-state index contributed by atoms with van der Waals surface area (Å²) in [4.78, 5) is 21.8. The Morgan fingerprint density at radius 1 is 1.11 bits per heavy atom. The molecule has 2 aromatic rings. The van der Waals surface area contributed by atoms with Crippen molar-refractivity contribution in [2.75, 3.05) is 25.1 Å². The van der Waals surface area contributed by atoms with Crippen LogP contribution in [0.15, 0.2) is 47.4 Å². The first kappa shape index (κ1) is 18.6. The highest BCUT2D eigenvalue weighted by Crippen LogP contribution is 2.32. The molecule has 11 heteroatoms. The molecular formula is C16H15N3O7S. The van der Waals surface area contributed by atoms with E-state index in [0.717, 1.165) is 6.07 Å². The van der Waals surface area contributed by atoms with Crippen LogP contribution in [0.2, 0.25) is 0 Å². The van der Waals surface area contributed by atoms with Gasteiger partial charge in [-0.05, 0) is 18.2 Å². The Kier molecular flexibility index (Phi) is 5.23. The minimum absolute atomic E-state index is 0.302. The lowest BCUT2D eigenvalue weighted by Crippen LogP contribution is -2.33. The van der Waals surface area contributed by atoms with Gasteiger partial charge in [0.1, 0.15) is 13.2 Å². The summed E-state index contributed by atoms with van der Waals surface area (Å²) < 4.78 is 37.3. The second-order valence-corrected chi connectivity index (χ2v) is 7.25. The van der Waals surface area contributed by atoms with Crippen molar-refractivity contribution in [1.82, 2.24) is 4.72 Å². The first-order chi connectivity index (χ1) is 12.8. The number of nitro groups is 1. The molecule has 1 amide bonds. The molecule has 27 heavy (non-hydrogen) atoms. The molecule has 142 valence electrons. The topological polar surface area (TPSA) is 137 Å². The monoisotopic (exact) mass is 393 g/mol. The number of nitro benzene ring substituents is 1. The molecule has 0 saturated heterocycles. The van der Waals surface area contributed by atoms with E-state index < -0.39 is 27.4 Å². The van der Waals surface area contributed by atoms with Crippen LogP contribution in [0.25, 0.3) is 0 Å². The van der Waals surface area contributed by atoms with Gasteiger partial charge in [-0.1, -0.05) is 6.07 Å². The zero-order valence-electron chi connectivity index (χ0n) is 13.9. The summed E-state index contributed by atoms with van der Waals surface area (Å²) in [5.74, 6) is 0.433. The van der Waals surface area contributed by atoms with Crippen LogP contribution >= 0.6 is 0 Å². The number of sulfonamides is 1. The van der Waals surface area contributed by atoms with Crippen LogP contribution in [-0.4, -0.2) is 39.0 Å². The summed E-state index contributed by atoms with van der Waals surface area (Å²) in [5, 5.41) is 13.3. The Morgan fingerprint density at radius 3 is 2.59 bits per heavy atom. The number of hydrogen-bond donors (Lipinski definition) is 2.